The maximum absolute atomic E-state index is 12.8. The molecule has 0 aliphatic rings. The van der Waals surface area contributed by atoms with Gasteiger partial charge in [0.1, 0.15) is 5.75 Å². The number of hydrogen-bond acceptors (Lipinski definition) is 4. The number of hydrogen-bond donors (Lipinski definition) is 2. The molecule has 2 N–H and O–H groups in total. The van der Waals surface area contributed by atoms with Crippen LogP contribution in [-0.2, 0) is 10.0 Å². The summed E-state index contributed by atoms with van der Waals surface area (Å²) in [5.41, 5.74) is 4.80. The van der Waals surface area contributed by atoms with Crippen LogP contribution in [0.25, 0.3) is 0 Å². The number of ether oxygens (including phenoxy) is 1. The predicted octanol–water partition coefficient (Wildman–Crippen LogP) is 4.30. The van der Waals surface area contributed by atoms with Crippen LogP contribution in [0.3, 0.4) is 0 Å². The smallest absolute Gasteiger partial charge is 0.251 e. The molecule has 0 aliphatic carbocycles. The van der Waals surface area contributed by atoms with Gasteiger partial charge in [0, 0.05) is 5.56 Å². The average molecular weight is 419 g/mol. The number of methoxy groups -OCH3 is 1. The lowest BCUT2D eigenvalue weighted by molar-refractivity contribution is 0.0939. The van der Waals surface area contributed by atoms with Crippen LogP contribution in [0.5, 0.6) is 5.75 Å². The largest absolute Gasteiger partial charge is 0.496 e. The Bertz CT molecular complexity index is 1010. The lowest BCUT2D eigenvalue weighted by atomic mass is 9.93. The van der Waals surface area contributed by atoms with Crippen LogP contribution in [0.1, 0.15) is 65.3 Å². The Kier molecular flexibility index (Phi) is 6.95. The summed E-state index contributed by atoms with van der Waals surface area (Å²) in [5, 5.41) is 3.03. The van der Waals surface area contributed by atoms with E-state index in [1.54, 1.807) is 32.2 Å². The summed E-state index contributed by atoms with van der Waals surface area (Å²) in [6.07, 6.45) is 1.09. The molecule has 6 nitrogen and oxygen atoms in total. The van der Waals surface area contributed by atoms with Crippen molar-refractivity contribution in [2.45, 2.75) is 46.6 Å². The van der Waals surface area contributed by atoms with Crippen molar-refractivity contribution in [1.82, 2.24) is 5.32 Å². The van der Waals surface area contributed by atoms with Gasteiger partial charge in [-0.2, -0.15) is 0 Å². The van der Waals surface area contributed by atoms with E-state index in [4.69, 9.17) is 4.74 Å². The molecule has 1 atom stereocenters. The maximum atomic E-state index is 12.8. The second-order valence-electron chi connectivity index (χ2n) is 7.70. The number of amides is 1. The van der Waals surface area contributed by atoms with Crippen LogP contribution in [0.2, 0.25) is 0 Å². The Labute approximate surface area is 173 Å². The molecular weight excluding hydrogens is 388 g/mol. The van der Waals surface area contributed by atoms with Gasteiger partial charge in [0.25, 0.3) is 5.91 Å². The molecule has 0 saturated heterocycles. The highest BCUT2D eigenvalue weighted by Crippen LogP contribution is 2.32. The van der Waals surface area contributed by atoms with Crippen molar-refractivity contribution in [1.29, 1.82) is 0 Å². The van der Waals surface area contributed by atoms with E-state index in [1.165, 1.54) is 0 Å². The van der Waals surface area contributed by atoms with Crippen LogP contribution in [0.4, 0.5) is 5.69 Å². The molecule has 0 spiro atoms. The number of rotatable bonds is 7. The normalized spacial score (nSPS) is 12.6. The molecule has 7 heteroatoms. The summed E-state index contributed by atoms with van der Waals surface area (Å²) in [6.45, 7) is 9.92. The molecule has 2 rings (SSSR count). The summed E-state index contributed by atoms with van der Waals surface area (Å²) >= 11 is 0. The van der Waals surface area contributed by atoms with E-state index in [-0.39, 0.29) is 11.9 Å². The molecule has 2 aromatic carbocycles. The van der Waals surface area contributed by atoms with Crippen molar-refractivity contribution in [2.24, 2.45) is 0 Å². The molecular formula is C22H30N2O4S. The van der Waals surface area contributed by atoms with Gasteiger partial charge in [-0.15, -0.1) is 0 Å². The standard InChI is InChI=1S/C22H30N2O4S/c1-13(2)18-12-19(14(3)11-21(18)28-6)16(5)23-22(25)17-8-9-20(15(4)10-17)24-29(7,26)27/h8-13,16,24H,1-7H3,(H,23,25)/t16-/m0/s1. The third-order valence-corrected chi connectivity index (χ3v) is 5.43. The molecule has 0 fully saturated rings. The van der Waals surface area contributed by atoms with Crippen LogP contribution < -0.4 is 14.8 Å². The summed E-state index contributed by atoms with van der Waals surface area (Å²) in [6, 6.07) is 8.79. The van der Waals surface area contributed by atoms with E-state index in [0.717, 1.165) is 28.7 Å². The van der Waals surface area contributed by atoms with Gasteiger partial charge in [-0.3, -0.25) is 9.52 Å². The predicted molar refractivity (Wildman–Crippen MR) is 117 cm³/mol. The summed E-state index contributed by atoms with van der Waals surface area (Å²) < 4.78 is 30.8. The monoisotopic (exact) mass is 418 g/mol. The maximum Gasteiger partial charge on any atom is 0.251 e. The first-order valence-electron chi connectivity index (χ1n) is 9.50. The highest BCUT2D eigenvalue weighted by atomic mass is 32.2. The minimum Gasteiger partial charge on any atom is -0.496 e. The zero-order valence-corrected chi connectivity index (χ0v) is 18.9. The van der Waals surface area contributed by atoms with Crippen molar-refractivity contribution in [3.63, 3.8) is 0 Å². The van der Waals surface area contributed by atoms with Crippen LogP contribution in [0, 0.1) is 13.8 Å². The number of aryl methyl sites for hydroxylation is 2. The molecule has 158 valence electrons. The van der Waals surface area contributed by atoms with Gasteiger partial charge in [-0.1, -0.05) is 13.8 Å². The van der Waals surface area contributed by atoms with Crippen LogP contribution in [-0.4, -0.2) is 27.7 Å². The van der Waals surface area contributed by atoms with E-state index >= 15 is 0 Å². The Morgan fingerprint density at radius 3 is 2.17 bits per heavy atom. The minimum atomic E-state index is -3.37. The summed E-state index contributed by atoms with van der Waals surface area (Å²) in [5.74, 6) is 0.932. The third-order valence-electron chi connectivity index (χ3n) is 4.84. The third kappa shape index (κ3) is 5.73. The van der Waals surface area contributed by atoms with Gasteiger partial charge in [0.05, 0.1) is 25.1 Å². The van der Waals surface area contributed by atoms with E-state index in [1.807, 2.05) is 19.9 Å². The van der Waals surface area contributed by atoms with E-state index < -0.39 is 10.0 Å². The molecule has 29 heavy (non-hydrogen) atoms. The topological polar surface area (TPSA) is 84.5 Å². The molecule has 0 bridgehead atoms. The lowest BCUT2D eigenvalue weighted by Crippen LogP contribution is -2.27. The highest BCUT2D eigenvalue weighted by molar-refractivity contribution is 7.92. The fourth-order valence-electron chi connectivity index (χ4n) is 3.29. The Balaban J connectivity index is 2.25. The second kappa shape index (κ2) is 8.86. The number of carbonyl (C=O) groups excluding carboxylic acids is 1. The minimum absolute atomic E-state index is 0.194. The number of nitrogens with one attached hydrogen (secondary N) is 2. The first kappa shape index (κ1) is 22.7. The fraction of sp³-hybridized carbons (Fsp3) is 0.409. The van der Waals surface area contributed by atoms with Gasteiger partial charge < -0.3 is 10.1 Å². The quantitative estimate of drug-likeness (QED) is 0.702. The Morgan fingerprint density at radius 1 is 1.00 bits per heavy atom. The van der Waals surface area contributed by atoms with Crippen LogP contribution in [0.15, 0.2) is 30.3 Å². The number of anilines is 1. The first-order valence-corrected chi connectivity index (χ1v) is 11.4. The molecule has 0 aromatic heterocycles. The summed E-state index contributed by atoms with van der Waals surface area (Å²) in [7, 11) is -1.71. The van der Waals surface area contributed by atoms with Gasteiger partial charge in [-0.05, 0) is 79.3 Å². The van der Waals surface area contributed by atoms with Crippen molar-refractivity contribution in [3.05, 3.63) is 58.1 Å². The van der Waals surface area contributed by atoms with Crippen molar-refractivity contribution in [2.75, 3.05) is 18.1 Å². The molecule has 0 unspecified atom stereocenters. The van der Waals surface area contributed by atoms with E-state index in [9.17, 15) is 13.2 Å². The Hall–Kier alpha value is -2.54. The van der Waals surface area contributed by atoms with Crippen molar-refractivity contribution in [3.8, 4) is 5.75 Å². The van der Waals surface area contributed by atoms with E-state index in [0.29, 0.717) is 22.7 Å². The molecule has 0 radical (unpaired) electrons. The van der Waals surface area contributed by atoms with Crippen LogP contribution >= 0.6 is 0 Å². The first-order chi connectivity index (χ1) is 13.4. The number of sulfonamides is 1. The Morgan fingerprint density at radius 2 is 1.66 bits per heavy atom. The van der Waals surface area contributed by atoms with Gasteiger partial charge in [0.15, 0.2) is 0 Å². The molecule has 0 saturated carbocycles. The number of carbonyl (C=O) groups is 1. The second-order valence-corrected chi connectivity index (χ2v) is 9.45. The van der Waals surface area contributed by atoms with Gasteiger partial charge in [0.2, 0.25) is 10.0 Å². The zero-order chi connectivity index (χ0) is 21.9. The SMILES string of the molecule is COc1cc(C)c([C@H](C)NC(=O)c2ccc(NS(C)(=O)=O)c(C)c2)cc1C(C)C. The zero-order valence-electron chi connectivity index (χ0n) is 18.1. The molecule has 0 aliphatic heterocycles. The van der Waals surface area contributed by atoms with Gasteiger partial charge >= 0.3 is 0 Å². The van der Waals surface area contributed by atoms with Gasteiger partial charge in [-0.25, -0.2) is 8.42 Å². The van der Waals surface area contributed by atoms with Crippen molar-refractivity contribution >= 4 is 21.6 Å². The molecule has 0 heterocycles. The summed E-state index contributed by atoms with van der Waals surface area (Å²) in [4.78, 5) is 12.8. The highest BCUT2D eigenvalue weighted by Gasteiger charge is 2.18. The molecule has 1 amide bonds. The fourth-order valence-corrected chi connectivity index (χ4v) is 3.92. The molecule has 2 aromatic rings. The van der Waals surface area contributed by atoms with Crippen molar-refractivity contribution < 1.29 is 17.9 Å². The average Bonchev–Trinajstić information content (AvgIpc) is 2.61. The number of benzene rings is 2. The van der Waals surface area contributed by atoms with E-state index in [2.05, 4.69) is 30.0 Å². The lowest BCUT2D eigenvalue weighted by Gasteiger charge is -2.21.